The van der Waals surface area contributed by atoms with Crippen molar-refractivity contribution < 1.29 is 24.2 Å². The molecule has 5 nitrogen and oxygen atoms in total. The van der Waals surface area contributed by atoms with Crippen LogP contribution in [-0.4, -0.2) is 36.4 Å². The number of unbranched alkanes of at least 4 members (excludes halogenated alkanes) is 20. The smallest absolute Gasteiger partial charge is 0.305 e. The van der Waals surface area contributed by atoms with Crippen LogP contribution in [0.2, 0.25) is 0 Å². The van der Waals surface area contributed by atoms with Crippen molar-refractivity contribution in [3.8, 4) is 0 Å². The summed E-state index contributed by atoms with van der Waals surface area (Å²) in [5.41, 5.74) is 0. The van der Waals surface area contributed by atoms with Crippen LogP contribution < -0.4 is 0 Å². The minimum Gasteiger partial charge on any atom is -0.463 e. The number of rotatable bonds is 30. The van der Waals surface area contributed by atoms with E-state index < -0.39 is 6.10 Å². The number of ether oxygens (including phenoxy) is 2. The van der Waals surface area contributed by atoms with Crippen LogP contribution in [0.1, 0.15) is 181 Å². The number of aliphatic hydroxyl groups excluding tert-OH is 1. The van der Waals surface area contributed by atoms with Gasteiger partial charge in [0.25, 0.3) is 0 Å². The van der Waals surface area contributed by atoms with E-state index in [-0.39, 0.29) is 25.2 Å². The van der Waals surface area contributed by atoms with Crippen LogP contribution in [0, 0.1) is 5.92 Å². The molecule has 0 unspecified atom stereocenters. The van der Waals surface area contributed by atoms with Crippen molar-refractivity contribution in [2.45, 2.75) is 187 Å². The third kappa shape index (κ3) is 31.3. The molecule has 0 saturated carbocycles. The van der Waals surface area contributed by atoms with Crippen LogP contribution in [0.15, 0.2) is 0 Å². The van der Waals surface area contributed by atoms with Crippen molar-refractivity contribution in [2.75, 3.05) is 13.2 Å². The molecular weight excluding hydrogens is 488 g/mol. The molecular formula is C34H66O5. The van der Waals surface area contributed by atoms with Crippen molar-refractivity contribution in [3.63, 3.8) is 0 Å². The molecule has 0 aromatic carbocycles. The maximum absolute atomic E-state index is 11.9. The van der Waals surface area contributed by atoms with Crippen molar-refractivity contribution >= 4 is 11.9 Å². The first-order chi connectivity index (χ1) is 19.0. The van der Waals surface area contributed by atoms with Crippen LogP contribution in [0.25, 0.3) is 0 Å². The highest BCUT2D eigenvalue weighted by Gasteiger charge is 2.12. The Morgan fingerprint density at radius 3 is 1.15 bits per heavy atom. The van der Waals surface area contributed by atoms with Crippen molar-refractivity contribution in [2.24, 2.45) is 5.92 Å². The highest BCUT2D eigenvalue weighted by molar-refractivity contribution is 5.69. The van der Waals surface area contributed by atoms with Crippen molar-refractivity contribution in [1.82, 2.24) is 0 Å². The average molecular weight is 555 g/mol. The van der Waals surface area contributed by atoms with Gasteiger partial charge in [-0.25, -0.2) is 0 Å². The lowest BCUT2D eigenvalue weighted by molar-refractivity contribution is -0.152. The first-order valence-electron chi connectivity index (χ1n) is 16.9. The summed E-state index contributed by atoms with van der Waals surface area (Å²) in [6.45, 7) is 6.62. The molecule has 0 radical (unpaired) electrons. The Kier molecular flexibility index (Phi) is 29.0. The van der Waals surface area contributed by atoms with E-state index >= 15 is 0 Å². The Bertz CT molecular complexity index is 534. The zero-order valence-electron chi connectivity index (χ0n) is 26.3. The SMILES string of the molecule is CCCCCCCCCC(=O)OC[C@@H](O)COC(=O)CCCCCCCCCCCCCCCCCC(C)C. The first-order valence-corrected chi connectivity index (χ1v) is 16.9. The number of carbonyl (C=O) groups excluding carboxylic acids is 2. The third-order valence-electron chi connectivity index (χ3n) is 7.52. The van der Waals surface area contributed by atoms with Gasteiger partial charge in [-0.3, -0.25) is 9.59 Å². The molecule has 0 saturated heterocycles. The zero-order valence-corrected chi connectivity index (χ0v) is 26.3. The third-order valence-corrected chi connectivity index (χ3v) is 7.52. The van der Waals surface area contributed by atoms with Gasteiger partial charge in [0, 0.05) is 12.8 Å². The summed E-state index contributed by atoms with van der Waals surface area (Å²) in [5.74, 6) is 0.293. The minimum atomic E-state index is -0.952. The van der Waals surface area contributed by atoms with Crippen LogP contribution >= 0.6 is 0 Å². The number of hydrogen-bond acceptors (Lipinski definition) is 5. The second-order valence-corrected chi connectivity index (χ2v) is 12.1. The molecule has 0 amide bonds. The van der Waals surface area contributed by atoms with Gasteiger partial charge >= 0.3 is 11.9 Å². The number of hydrogen-bond donors (Lipinski definition) is 1. The quantitative estimate of drug-likeness (QED) is 0.0706. The Morgan fingerprint density at radius 1 is 0.513 bits per heavy atom. The van der Waals surface area contributed by atoms with Gasteiger partial charge in [0.1, 0.15) is 19.3 Å². The Morgan fingerprint density at radius 2 is 0.821 bits per heavy atom. The normalized spacial score (nSPS) is 12.1. The molecule has 0 bridgehead atoms. The number of esters is 2. The van der Waals surface area contributed by atoms with Crippen molar-refractivity contribution in [3.05, 3.63) is 0 Å². The molecule has 0 aromatic rings. The Balaban J connectivity index is 3.36. The molecule has 0 aliphatic rings. The number of carbonyl (C=O) groups is 2. The molecule has 0 heterocycles. The van der Waals surface area contributed by atoms with Gasteiger partial charge in [-0.1, -0.05) is 156 Å². The maximum Gasteiger partial charge on any atom is 0.305 e. The van der Waals surface area contributed by atoms with E-state index in [1.54, 1.807) is 0 Å². The lowest BCUT2D eigenvalue weighted by atomic mass is 10.0. The summed E-state index contributed by atoms with van der Waals surface area (Å²) in [4.78, 5) is 23.7. The van der Waals surface area contributed by atoms with E-state index in [9.17, 15) is 14.7 Å². The van der Waals surface area contributed by atoms with E-state index in [2.05, 4.69) is 20.8 Å². The van der Waals surface area contributed by atoms with Gasteiger partial charge in [0.2, 0.25) is 0 Å². The predicted octanol–water partition coefficient (Wildman–Crippen LogP) is 9.86. The first kappa shape index (κ1) is 37.9. The van der Waals surface area contributed by atoms with Gasteiger partial charge in [-0.05, 0) is 18.8 Å². The lowest BCUT2D eigenvalue weighted by Crippen LogP contribution is -2.25. The van der Waals surface area contributed by atoms with Gasteiger partial charge in [-0.2, -0.15) is 0 Å². The van der Waals surface area contributed by atoms with Gasteiger partial charge in [0.05, 0.1) is 0 Å². The van der Waals surface area contributed by atoms with E-state index in [1.807, 2.05) is 0 Å². The molecule has 0 aliphatic carbocycles. The van der Waals surface area contributed by atoms with Crippen LogP contribution in [0.3, 0.4) is 0 Å². The van der Waals surface area contributed by atoms with Crippen LogP contribution in [0.4, 0.5) is 0 Å². The van der Waals surface area contributed by atoms with Gasteiger partial charge in [0.15, 0.2) is 0 Å². The zero-order chi connectivity index (χ0) is 28.8. The second-order valence-electron chi connectivity index (χ2n) is 12.1. The largest absolute Gasteiger partial charge is 0.463 e. The summed E-state index contributed by atoms with van der Waals surface area (Å²) >= 11 is 0. The molecule has 0 aliphatic heterocycles. The molecule has 1 N–H and O–H groups in total. The van der Waals surface area contributed by atoms with Gasteiger partial charge < -0.3 is 14.6 Å². The standard InChI is InChI=1S/C34H66O5/c1-4-5-6-7-17-21-24-27-33(36)38-29-32(35)30-39-34(37)28-25-22-19-16-14-12-10-8-9-11-13-15-18-20-23-26-31(2)3/h31-32,35H,4-30H2,1-3H3/t32-/m1/s1. The monoisotopic (exact) mass is 554 g/mol. The second kappa shape index (κ2) is 29.9. The predicted molar refractivity (Wildman–Crippen MR) is 164 cm³/mol. The molecule has 1 atom stereocenters. The van der Waals surface area contributed by atoms with Crippen molar-refractivity contribution in [1.29, 1.82) is 0 Å². The summed E-state index contributed by atoms with van der Waals surface area (Å²) < 4.78 is 10.2. The molecule has 5 heteroatoms. The highest BCUT2D eigenvalue weighted by atomic mass is 16.6. The molecule has 0 aromatic heterocycles. The summed E-state index contributed by atoms with van der Waals surface area (Å²) in [6, 6.07) is 0. The summed E-state index contributed by atoms with van der Waals surface area (Å²) in [7, 11) is 0. The van der Waals surface area contributed by atoms with E-state index in [1.165, 1.54) is 116 Å². The fraction of sp³-hybridized carbons (Fsp3) is 0.941. The van der Waals surface area contributed by atoms with Gasteiger partial charge in [-0.15, -0.1) is 0 Å². The highest BCUT2D eigenvalue weighted by Crippen LogP contribution is 2.15. The minimum absolute atomic E-state index is 0.109. The topological polar surface area (TPSA) is 72.8 Å². The molecule has 0 rings (SSSR count). The molecule has 39 heavy (non-hydrogen) atoms. The fourth-order valence-corrected chi connectivity index (χ4v) is 4.92. The Hall–Kier alpha value is -1.10. The van der Waals surface area contributed by atoms with E-state index in [4.69, 9.17) is 9.47 Å². The Labute approximate surface area is 242 Å². The maximum atomic E-state index is 11.9. The van der Waals surface area contributed by atoms with Crippen LogP contribution in [-0.2, 0) is 19.1 Å². The lowest BCUT2D eigenvalue weighted by Gasteiger charge is -2.12. The molecule has 0 spiro atoms. The van der Waals surface area contributed by atoms with E-state index in [0.717, 1.165) is 38.0 Å². The fourth-order valence-electron chi connectivity index (χ4n) is 4.92. The summed E-state index contributed by atoms with van der Waals surface area (Å²) in [6.07, 6.45) is 28.8. The van der Waals surface area contributed by atoms with Crippen LogP contribution in [0.5, 0.6) is 0 Å². The molecule has 232 valence electrons. The van der Waals surface area contributed by atoms with E-state index in [0.29, 0.717) is 12.8 Å². The summed E-state index contributed by atoms with van der Waals surface area (Å²) in [5, 5.41) is 9.91. The molecule has 0 fully saturated rings. The average Bonchev–Trinajstić information content (AvgIpc) is 2.91. The number of aliphatic hydroxyl groups is 1.